The van der Waals surface area contributed by atoms with E-state index in [1.165, 1.54) is 12.8 Å². The van der Waals surface area contributed by atoms with E-state index in [1.54, 1.807) is 32.5 Å². The lowest BCUT2D eigenvalue weighted by atomic mass is 10.1. The molecule has 1 aromatic heterocycles. The summed E-state index contributed by atoms with van der Waals surface area (Å²) in [5.41, 5.74) is 1.72. The number of carbonyl (C=O) groups is 1. The summed E-state index contributed by atoms with van der Waals surface area (Å²) >= 11 is 0. The summed E-state index contributed by atoms with van der Waals surface area (Å²) in [6.07, 6.45) is 6.92. The molecular formula is C21H26N2O4. The van der Waals surface area contributed by atoms with Crippen LogP contribution in [0.15, 0.2) is 36.5 Å². The molecular weight excluding hydrogens is 344 g/mol. The van der Waals surface area contributed by atoms with Gasteiger partial charge < -0.3 is 19.5 Å². The van der Waals surface area contributed by atoms with E-state index in [-0.39, 0.29) is 12.3 Å². The minimum atomic E-state index is -0.0900. The summed E-state index contributed by atoms with van der Waals surface area (Å²) in [6, 6.07) is 9.22. The molecule has 0 radical (unpaired) electrons. The van der Waals surface area contributed by atoms with Crippen LogP contribution in [0.1, 0.15) is 36.8 Å². The van der Waals surface area contributed by atoms with Crippen LogP contribution in [0.5, 0.6) is 17.4 Å². The molecule has 1 aromatic carbocycles. The first-order chi connectivity index (χ1) is 13.2. The van der Waals surface area contributed by atoms with Gasteiger partial charge in [-0.05, 0) is 49.4 Å². The molecule has 27 heavy (non-hydrogen) atoms. The number of nitrogens with zero attached hydrogens (tertiary/aromatic N) is 1. The molecule has 0 spiro atoms. The van der Waals surface area contributed by atoms with Gasteiger partial charge in [-0.15, -0.1) is 0 Å². The average molecular weight is 370 g/mol. The number of ether oxygens (including phenoxy) is 3. The van der Waals surface area contributed by atoms with Crippen LogP contribution < -0.4 is 19.5 Å². The van der Waals surface area contributed by atoms with E-state index in [0.29, 0.717) is 30.0 Å². The van der Waals surface area contributed by atoms with Gasteiger partial charge >= 0.3 is 0 Å². The third-order valence-electron chi connectivity index (χ3n) is 4.72. The molecule has 0 unspecified atom stereocenters. The molecule has 3 rings (SSSR count). The Balaban J connectivity index is 1.51. The molecule has 1 N–H and O–H groups in total. The van der Waals surface area contributed by atoms with E-state index in [0.717, 1.165) is 24.0 Å². The molecule has 1 heterocycles. The highest BCUT2D eigenvalue weighted by Crippen LogP contribution is 2.25. The second-order valence-corrected chi connectivity index (χ2v) is 6.66. The molecule has 0 atom stereocenters. The number of hydrogen-bond donors (Lipinski definition) is 1. The maximum atomic E-state index is 12.3. The van der Waals surface area contributed by atoms with Crippen LogP contribution in [0.4, 0.5) is 0 Å². The molecule has 0 saturated heterocycles. The second-order valence-electron chi connectivity index (χ2n) is 6.66. The topological polar surface area (TPSA) is 69.7 Å². The maximum absolute atomic E-state index is 12.3. The number of amides is 1. The zero-order chi connectivity index (χ0) is 19.1. The molecule has 1 amide bonds. The average Bonchev–Trinajstić information content (AvgIpc) is 3.20. The van der Waals surface area contributed by atoms with Crippen molar-refractivity contribution >= 4 is 5.91 Å². The van der Waals surface area contributed by atoms with Crippen molar-refractivity contribution in [1.82, 2.24) is 10.3 Å². The lowest BCUT2D eigenvalue weighted by Crippen LogP contribution is -2.24. The Morgan fingerprint density at radius 1 is 1.15 bits per heavy atom. The minimum absolute atomic E-state index is 0.0900. The normalized spacial score (nSPS) is 14.0. The van der Waals surface area contributed by atoms with Gasteiger partial charge in [0.25, 0.3) is 0 Å². The van der Waals surface area contributed by atoms with Crippen molar-refractivity contribution in [3.8, 4) is 17.4 Å². The van der Waals surface area contributed by atoms with Crippen molar-refractivity contribution in [2.45, 2.75) is 44.8 Å². The molecule has 0 aliphatic heterocycles. The van der Waals surface area contributed by atoms with Gasteiger partial charge in [-0.3, -0.25) is 4.79 Å². The molecule has 6 nitrogen and oxygen atoms in total. The number of nitrogens with one attached hydrogen (secondary N) is 1. The van der Waals surface area contributed by atoms with Crippen molar-refractivity contribution in [3.63, 3.8) is 0 Å². The lowest BCUT2D eigenvalue weighted by Gasteiger charge is -2.12. The van der Waals surface area contributed by atoms with Crippen LogP contribution in [0.2, 0.25) is 0 Å². The van der Waals surface area contributed by atoms with E-state index in [4.69, 9.17) is 14.2 Å². The van der Waals surface area contributed by atoms with E-state index in [1.807, 2.05) is 18.2 Å². The summed E-state index contributed by atoms with van der Waals surface area (Å²) < 4.78 is 16.4. The quantitative estimate of drug-likeness (QED) is 0.772. The number of pyridine rings is 1. The monoisotopic (exact) mass is 370 g/mol. The SMILES string of the molecule is COc1ccc(OC)c(CC(=O)NCc2ccc(OC3CCCC3)nc2)c1. The van der Waals surface area contributed by atoms with Gasteiger partial charge in [0.2, 0.25) is 11.8 Å². The molecule has 1 aliphatic carbocycles. The van der Waals surface area contributed by atoms with Gasteiger partial charge in [0.15, 0.2) is 0 Å². The van der Waals surface area contributed by atoms with Crippen LogP contribution in [-0.2, 0) is 17.8 Å². The fraction of sp³-hybridized carbons (Fsp3) is 0.429. The van der Waals surface area contributed by atoms with Crippen LogP contribution >= 0.6 is 0 Å². The van der Waals surface area contributed by atoms with Crippen LogP contribution in [0.25, 0.3) is 0 Å². The third-order valence-corrected chi connectivity index (χ3v) is 4.72. The van der Waals surface area contributed by atoms with Gasteiger partial charge in [-0.25, -0.2) is 4.98 Å². The minimum Gasteiger partial charge on any atom is -0.497 e. The Kier molecular flexibility index (Phi) is 6.52. The first-order valence-electron chi connectivity index (χ1n) is 9.27. The second kappa shape index (κ2) is 9.26. The lowest BCUT2D eigenvalue weighted by molar-refractivity contribution is -0.120. The number of methoxy groups -OCH3 is 2. The Morgan fingerprint density at radius 2 is 1.96 bits per heavy atom. The van der Waals surface area contributed by atoms with Gasteiger partial charge in [-0.2, -0.15) is 0 Å². The van der Waals surface area contributed by atoms with Crippen LogP contribution in [0.3, 0.4) is 0 Å². The molecule has 144 valence electrons. The van der Waals surface area contributed by atoms with Gasteiger partial charge in [0, 0.05) is 24.4 Å². The fourth-order valence-corrected chi connectivity index (χ4v) is 3.22. The zero-order valence-corrected chi connectivity index (χ0v) is 15.9. The summed E-state index contributed by atoms with van der Waals surface area (Å²) in [5, 5.41) is 2.91. The summed E-state index contributed by atoms with van der Waals surface area (Å²) in [4.78, 5) is 16.6. The van der Waals surface area contributed by atoms with E-state index in [9.17, 15) is 4.79 Å². The molecule has 1 aliphatic rings. The Hall–Kier alpha value is -2.76. The number of carbonyl (C=O) groups excluding carboxylic acids is 1. The number of hydrogen-bond acceptors (Lipinski definition) is 5. The number of benzene rings is 1. The van der Waals surface area contributed by atoms with Crippen molar-refractivity contribution in [1.29, 1.82) is 0 Å². The highest BCUT2D eigenvalue weighted by atomic mass is 16.5. The van der Waals surface area contributed by atoms with Crippen molar-refractivity contribution in [2.75, 3.05) is 14.2 Å². The summed E-state index contributed by atoms with van der Waals surface area (Å²) in [6.45, 7) is 0.418. The van der Waals surface area contributed by atoms with Crippen LogP contribution in [0, 0.1) is 0 Å². The predicted octanol–water partition coefficient (Wildman–Crippen LogP) is 3.28. The van der Waals surface area contributed by atoms with Crippen molar-refractivity contribution < 1.29 is 19.0 Å². The Labute approximate surface area is 159 Å². The first-order valence-corrected chi connectivity index (χ1v) is 9.27. The fourth-order valence-electron chi connectivity index (χ4n) is 3.22. The first kappa shape index (κ1) is 19.0. The van der Waals surface area contributed by atoms with E-state index in [2.05, 4.69) is 10.3 Å². The van der Waals surface area contributed by atoms with E-state index >= 15 is 0 Å². The van der Waals surface area contributed by atoms with Crippen molar-refractivity contribution in [2.24, 2.45) is 0 Å². The van der Waals surface area contributed by atoms with Crippen molar-refractivity contribution in [3.05, 3.63) is 47.7 Å². The van der Waals surface area contributed by atoms with E-state index < -0.39 is 0 Å². The smallest absolute Gasteiger partial charge is 0.224 e. The summed E-state index contributed by atoms with van der Waals surface area (Å²) in [7, 11) is 3.18. The zero-order valence-electron chi connectivity index (χ0n) is 15.9. The third kappa shape index (κ3) is 5.36. The molecule has 1 fully saturated rings. The standard InChI is InChI=1S/C21H26N2O4/c1-25-18-8-9-19(26-2)16(11-18)12-20(24)22-13-15-7-10-21(23-14-15)27-17-5-3-4-6-17/h7-11,14,17H,3-6,12-13H2,1-2H3,(H,22,24). The van der Waals surface area contributed by atoms with Crippen LogP contribution in [-0.4, -0.2) is 31.2 Å². The highest BCUT2D eigenvalue weighted by Gasteiger charge is 2.17. The molecule has 6 heteroatoms. The predicted molar refractivity (Wildman–Crippen MR) is 102 cm³/mol. The maximum Gasteiger partial charge on any atom is 0.224 e. The molecule has 0 bridgehead atoms. The Bertz CT molecular complexity index is 755. The number of aromatic nitrogens is 1. The largest absolute Gasteiger partial charge is 0.497 e. The molecule has 1 saturated carbocycles. The summed E-state index contributed by atoms with van der Waals surface area (Å²) in [5.74, 6) is 1.92. The van der Waals surface area contributed by atoms with Gasteiger partial charge in [0.1, 0.15) is 17.6 Å². The molecule has 2 aromatic rings. The van der Waals surface area contributed by atoms with Gasteiger partial charge in [0.05, 0.1) is 20.6 Å². The highest BCUT2D eigenvalue weighted by molar-refractivity contribution is 5.79. The van der Waals surface area contributed by atoms with Gasteiger partial charge in [-0.1, -0.05) is 6.07 Å². The number of rotatable bonds is 8. The Morgan fingerprint density at radius 3 is 2.63 bits per heavy atom.